The molecule has 3 aliphatic heterocycles. The van der Waals surface area contributed by atoms with Gasteiger partial charge >= 0.3 is 12.1 Å². The molecule has 7 rings (SSSR count). The van der Waals surface area contributed by atoms with Crippen LogP contribution in [0.15, 0.2) is 36.4 Å². The summed E-state index contributed by atoms with van der Waals surface area (Å²) in [5.41, 5.74) is 0.542. The number of carbonyl (C=O) groups excluding carboxylic acids is 5. The summed E-state index contributed by atoms with van der Waals surface area (Å²) in [7, 11) is -3.88. The average Bonchev–Trinajstić information content (AvgIpc) is 3.88. The third-order valence-electron chi connectivity index (χ3n) is 11.2. The van der Waals surface area contributed by atoms with E-state index in [1.54, 1.807) is 4.90 Å². The second-order valence-corrected chi connectivity index (χ2v) is 17.0. The second-order valence-electron chi connectivity index (χ2n) is 15.0. The van der Waals surface area contributed by atoms with Crippen LogP contribution in [0.4, 0.5) is 9.59 Å². The van der Waals surface area contributed by atoms with Crippen LogP contribution in [0.2, 0.25) is 0 Å². The standard InChI is InChI=1S/C36H48N6O8S/c43-31-30-18-27(50-35(47)41-20-23-10-6-7-11-24(23)21-41)22-42(30)32(44)29(38-34(46)37-26-13-8-9-14-26)15-5-3-1-2-4-12-25-19-36(25,39-31)33(45)40-51(48,49)28-16-17-28/h4,6-7,10-12,25-30H,1-3,5,8-9,13-22H2,(H,39,43)(H,40,45)(H2,37,38,46)/b12-4+/t25-,27-,29+,30+,36-/m1/s1. The van der Waals surface area contributed by atoms with Crippen LogP contribution in [-0.2, 0) is 42.2 Å². The first kappa shape index (κ1) is 35.3. The molecule has 15 heteroatoms. The number of benzene rings is 1. The summed E-state index contributed by atoms with van der Waals surface area (Å²) in [6.45, 7) is 0.684. The Hall–Kier alpha value is -4.14. The topological polar surface area (TPSA) is 183 Å². The summed E-state index contributed by atoms with van der Waals surface area (Å²) >= 11 is 0. The largest absolute Gasteiger partial charge is 0.444 e. The molecule has 3 heterocycles. The quantitative estimate of drug-likeness (QED) is 0.323. The normalized spacial score (nSPS) is 30.5. The highest BCUT2D eigenvalue weighted by Gasteiger charge is 2.62. The van der Waals surface area contributed by atoms with Crippen LogP contribution in [0.25, 0.3) is 0 Å². The third-order valence-corrected chi connectivity index (χ3v) is 13.0. The molecule has 1 aromatic rings. The SMILES string of the molecule is O=C(NC1CCCC1)N[C@H]1CCCCC/C=C/[C@@H]2C[C@@]2(C(=O)NS(=O)(=O)C2CC2)NC(=O)[C@@H]2C[C@@H](OC(=O)N3Cc4ccccc4C3)CN2C1=O. The molecule has 1 saturated heterocycles. The van der Waals surface area contributed by atoms with Crippen molar-refractivity contribution in [1.82, 2.24) is 30.5 Å². The highest BCUT2D eigenvalue weighted by Crippen LogP contribution is 2.46. The first-order chi connectivity index (χ1) is 24.5. The van der Waals surface area contributed by atoms with Crippen molar-refractivity contribution in [2.24, 2.45) is 5.92 Å². The fourth-order valence-corrected chi connectivity index (χ4v) is 9.35. The Morgan fingerprint density at radius 2 is 1.61 bits per heavy atom. The molecule has 3 saturated carbocycles. The van der Waals surface area contributed by atoms with Gasteiger partial charge in [-0.15, -0.1) is 0 Å². The van der Waals surface area contributed by atoms with E-state index in [1.807, 2.05) is 36.4 Å². The fraction of sp³-hybridized carbons (Fsp3) is 0.639. The molecule has 5 atom stereocenters. The molecule has 0 unspecified atom stereocenters. The minimum Gasteiger partial charge on any atom is -0.444 e. The van der Waals surface area contributed by atoms with Gasteiger partial charge in [-0.3, -0.25) is 24.0 Å². The van der Waals surface area contributed by atoms with Gasteiger partial charge in [-0.25, -0.2) is 18.0 Å². The number of nitrogens with zero attached hydrogens (tertiary/aromatic N) is 2. The highest BCUT2D eigenvalue weighted by molar-refractivity contribution is 7.91. The van der Waals surface area contributed by atoms with E-state index in [0.717, 1.165) is 49.7 Å². The van der Waals surface area contributed by atoms with Gasteiger partial charge in [0, 0.05) is 31.5 Å². The van der Waals surface area contributed by atoms with Crippen molar-refractivity contribution in [1.29, 1.82) is 0 Å². The van der Waals surface area contributed by atoms with Gasteiger partial charge in [-0.1, -0.05) is 62.1 Å². The van der Waals surface area contributed by atoms with Crippen molar-refractivity contribution in [2.75, 3.05) is 6.54 Å². The second kappa shape index (κ2) is 14.5. The van der Waals surface area contributed by atoms with E-state index in [9.17, 15) is 32.4 Å². The number of nitrogens with one attached hydrogen (secondary N) is 4. The predicted molar refractivity (Wildman–Crippen MR) is 185 cm³/mol. The zero-order chi connectivity index (χ0) is 35.8. The Labute approximate surface area is 298 Å². The first-order valence-corrected chi connectivity index (χ1v) is 20.0. The van der Waals surface area contributed by atoms with Crippen LogP contribution < -0.4 is 20.7 Å². The monoisotopic (exact) mass is 724 g/mol. The average molecular weight is 725 g/mol. The van der Waals surface area contributed by atoms with Crippen LogP contribution >= 0.6 is 0 Å². The number of ether oxygens (including phenoxy) is 1. The number of allylic oxidation sites excluding steroid dienone is 1. The van der Waals surface area contributed by atoms with Crippen LogP contribution in [0.5, 0.6) is 0 Å². The molecule has 0 radical (unpaired) electrons. The van der Waals surface area contributed by atoms with Gasteiger partial charge < -0.3 is 25.6 Å². The highest BCUT2D eigenvalue weighted by atomic mass is 32.2. The molecular weight excluding hydrogens is 676 g/mol. The predicted octanol–water partition coefficient (Wildman–Crippen LogP) is 2.72. The number of urea groups is 1. The molecule has 0 bridgehead atoms. The van der Waals surface area contributed by atoms with Gasteiger partial charge in [-0.05, 0) is 62.5 Å². The number of amides is 6. The number of hydrogen-bond donors (Lipinski definition) is 4. The van der Waals surface area contributed by atoms with E-state index >= 15 is 0 Å². The van der Waals surface area contributed by atoms with E-state index in [-0.39, 0.29) is 25.4 Å². The molecule has 0 spiro atoms. The molecule has 1 aromatic carbocycles. The lowest BCUT2D eigenvalue weighted by Gasteiger charge is -2.30. The Balaban J connectivity index is 1.12. The van der Waals surface area contributed by atoms with E-state index in [4.69, 9.17) is 4.74 Å². The fourth-order valence-electron chi connectivity index (χ4n) is 7.98. The van der Waals surface area contributed by atoms with Gasteiger partial charge in [0.1, 0.15) is 23.7 Å². The first-order valence-electron chi connectivity index (χ1n) is 18.5. The zero-order valence-corrected chi connectivity index (χ0v) is 29.6. The van der Waals surface area contributed by atoms with Gasteiger partial charge in [-0.2, -0.15) is 0 Å². The van der Waals surface area contributed by atoms with Crippen LogP contribution in [0.1, 0.15) is 94.6 Å². The van der Waals surface area contributed by atoms with Gasteiger partial charge in [0.2, 0.25) is 21.8 Å². The molecular formula is C36H48N6O8S. The minimum absolute atomic E-state index is 0.0241. The number of hydrogen-bond acceptors (Lipinski definition) is 8. The summed E-state index contributed by atoms with van der Waals surface area (Å²) in [6.07, 6.45) is 10.7. The van der Waals surface area contributed by atoms with Crippen molar-refractivity contribution in [3.05, 3.63) is 47.5 Å². The third kappa shape index (κ3) is 7.87. The molecule has 276 valence electrons. The van der Waals surface area contributed by atoms with Crippen LogP contribution in [-0.4, -0.2) is 89.6 Å². The molecule has 6 aliphatic rings. The molecule has 14 nitrogen and oxygen atoms in total. The van der Waals surface area contributed by atoms with E-state index in [2.05, 4.69) is 20.7 Å². The Bertz CT molecular complexity index is 1670. The maximum absolute atomic E-state index is 14.4. The molecule has 4 N–H and O–H groups in total. The zero-order valence-electron chi connectivity index (χ0n) is 28.8. The van der Waals surface area contributed by atoms with E-state index in [0.29, 0.717) is 45.2 Å². The lowest BCUT2D eigenvalue weighted by atomic mass is 10.0. The van der Waals surface area contributed by atoms with Crippen molar-refractivity contribution < 1.29 is 37.1 Å². The lowest BCUT2D eigenvalue weighted by Crippen LogP contribution is -2.59. The number of sulfonamides is 1. The molecule has 51 heavy (non-hydrogen) atoms. The summed E-state index contributed by atoms with van der Waals surface area (Å²) in [5.74, 6) is -2.34. The van der Waals surface area contributed by atoms with Crippen LogP contribution in [0, 0.1) is 5.92 Å². The molecule has 3 aliphatic carbocycles. The van der Waals surface area contributed by atoms with Gasteiger partial charge in [0.05, 0.1) is 11.8 Å². The molecule has 4 fully saturated rings. The molecule has 0 aromatic heterocycles. The van der Waals surface area contributed by atoms with E-state index in [1.165, 1.54) is 4.90 Å². The number of fused-ring (bicyclic) bond motifs is 3. The minimum atomic E-state index is -3.88. The Morgan fingerprint density at radius 1 is 0.902 bits per heavy atom. The Morgan fingerprint density at radius 3 is 2.31 bits per heavy atom. The number of carbonyl (C=O) groups is 5. The summed E-state index contributed by atoms with van der Waals surface area (Å²) in [5, 5.41) is 8.08. The molecule has 6 amide bonds. The Kier molecular flexibility index (Phi) is 10.0. The van der Waals surface area contributed by atoms with E-state index < -0.39 is 74.8 Å². The van der Waals surface area contributed by atoms with Crippen molar-refractivity contribution >= 4 is 39.9 Å². The summed E-state index contributed by atoms with van der Waals surface area (Å²) < 4.78 is 33.7. The maximum Gasteiger partial charge on any atom is 0.410 e. The maximum atomic E-state index is 14.4. The lowest BCUT2D eigenvalue weighted by molar-refractivity contribution is -0.141. The summed E-state index contributed by atoms with van der Waals surface area (Å²) in [6, 6.07) is 5.27. The van der Waals surface area contributed by atoms with Crippen molar-refractivity contribution in [3.8, 4) is 0 Å². The number of rotatable bonds is 6. The van der Waals surface area contributed by atoms with Crippen molar-refractivity contribution in [3.63, 3.8) is 0 Å². The van der Waals surface area contributed by atoms with Crippen molar-refractivity contribution in [2.45, 2.75) is 132 Å². The van der Waals surface area contributed by atoms with Gasteiger partial charge in [0.25, 0.3) is 5.91 Å². The summed E-state index contributed by atoms with van der Waals surface area (Å²) in [4.78, 5) is 71.6. The van der Waals surface area contributed by atoms with Crippen LogP contribution in [0.3, 0.4) is 0 Å². The van der Waals surface area contributed by atoms with Gasteiger partial charge in [0.15, 0.2) is 0 Å². The smallest absolute Gasteiger partial charge is 0.410 e.